The van der Waals surface area contributed by atoms with Crippen molar-refractivity contribution in [3.8, 4) is 12.1 Å². The number of nitrogens with two attached hydrogens (primary N) is 1. The summed E-state index contributed by atoms with van der Waals surface area (Å²) >= 11 is 6.67. The SMILES string of the molecule is CC(C)(C)OC(=O)c1cc(C#N)ccc1N.CC(C)(C)OC(=O)c1cc(C#N)ccc1NC(=O)c1noc2ccc(Br)cc12.CCOC(=O)c1noc2ccc(Br)cc12. The zero-order chi connectivity index (χ0) is 43.7. The Hall–Kier alpha value is -6.56. The molecule has 0 unspecified atom stereocenters. The van der Waals surface area contributed by atoms with E-state index in [-0.39, 0.29) is 33.8 Å². The second-order valence-electron chi connectivity index (χ2n) is 14.3. The highest BCUT2D eigenvalue weighted by Crippen LogP contribution is 2.27. The van der Waals surface area contributed by atoms with Crippen LogP contribution in [-0.2, 0) is 14.2 Å². The molecule has 0 atom stereocenters. The van der Waals surface area contributed by atoms with Crippen LogP contribution in [0.15, 0.2) is 90.8 Å². The molecular formula is C42H38Br2N6O9. The Morgan fingerprint density at radius 1 is 0.695 bits per heavy atom. The molecule has 3 N–H and O–H groups in total. The van der Waals surface area contributed by atoms with Gasteiger partial charge in [0.05, 0.1) is 57.5 Å². The van der Waals surface area contributed by atoms with Crippen molar-refractivity contribution in [1.82, 2.24) is 10.3 Å². The molecule has 15 nitrogen and oxygen atoms in total. The molecule has 0 radical (unpaired) electrons. The van der Waals surface area contributed by atoms with Crippen molar-refractivity contribution < 1.29 is 42.4 Å². The van der Waals surface area contributed by atoms with Crippen LogP contribution in [0, 0.1) is 22.7 Å². The zero-order valence-electron chi connectivity index (χ0n) is 32.9. The van der Waals surface area contributed by atoms with Gasteiger partial charge in [-0.25, -0.2) is 14.4 Å². The maximum absolute atomic E-state index is 12.7. The van der Waals surface area contributed by atoms with Crippen molar-refractivity contribution in [2.45, 2.75) is 59.7 Å². The number of nitriles is 2. The van der Waals surface area contributed by atoms with Crippen LogP contribution in [0.5, 0.6) is 0 Å². The number of esters is 3. The number of halogens is 2. The zero-order valence-corrected chi connectivity index (χ0v) is 36.1. The highest BCUT2D eigenvalue weighted by atomic mass is 79.9. The molecule has 1 amide bonds. The van der Waals surface area contributed by atoms with Crippen LogP contribution in [0.4, 0.5) is 11.4 Å². The fraction of sp³-hybridized carbons (Fsp3) is 0.238. The summed E-state index contributed by atoms with van der Waals surface area (Å²) in [7, 11) is 0. The first-order valence-corrected chi connectivity index (χ1v) is 19.2. The first kappa shape index (κ1) is 45.1. The lowest BCUT2D eigenvalue weighted by atomic mass is 10.1. The van der Waals surface area contributed by atoms with E-state index in [0.717, 1.165) is 8.95 Å². The molecule has 6 aromatic rings. The number of benzene rings is 4. The maximum Gasteiger partial charge on any atom is 0.361 e. The number of carbonyl (C=O) groups excluding carboxylic acids is 4. The second kappa shape index (κ2) is 19.3. The molecule has 0 aliphatic rings. The van der Waals surface area contributed by atoms with Crippen LogP contribution in [-0.4, -0.2) is 51.9 Å². The average molecular weight is 931 g/mol. The monoisotopic (exact) mass is 928 g/mol. The van der Waals surface area contributed by atoms with Gasteiger partial charge < -0.3 is 34.3 Å². The topological polar surface area (TPSA) is 234 Å². The van der Waals surface area contributed by atoms with Crippen LogP contribution in [0.2, 0.25) is 0 Å². The van der Waals surface area contributed by atoms with Gasteiger partial charge in [0, 0.05) is 14.6 Å². The Labute approximate surface area is 355 Å². The number of hydrogen-bond donors (Lipinski definition) is 2. The Kier molecular flexibility index (Phi) is 14.7. The van der Waals surface area contributed by atoms with Gasteiger partial charge in [-0.3, -0.25) is 4.79 Å². The first-order valence-electron chi connectivity index (χ1n) is 17.6. The van der Waals surface area contributed by atoms with Crippen LogP contribution in [0.1, 0.15) is 101 Å². The van der Waals surface area contributed by atoms with Crippen LogP contribution >= 0.6 is 31.9 Å². The number of nitrogens with zero attached hydrogens (tertiary/aromatic N) is 4. The molecule has 0 aliphatic heterocycles. The molecule has 304 valence electrons. The number of aromatic nitrogens is 2. The smallest absolute Gasteiger partial charge is 0.361 e. The molecule has 0 saturated carbocycles. The Bertz CT molecular complexity index is 2630. The number of anilines is 2. The minimum Gasteiger partial charge on any atom is -0.461 e. The van der Waals surface area contributed by atoms with Gasteiger partial charge in [0.15, 0.2) is 22.6 Å². The molecule has 2 heterocycles. The fourth-order valence-electron chi connectivity index (χ4n) is 4.87. The minimum atomic E-state index is -0.727. The lowest BCUT2D eigenvalue weighted by Gasteiger charge is -2.20. The van der Waals surface area contributed by atoms with Gasteiger partial charge in [0.1, 0.15) is 11.2 Å². The number of hydrogen-bond acceptors (Lipinski definition) is 14. The highest BCUT2D eigenvalue weighted by Gasteiger charge is 2.24. The van der Waals surface area contributed by atoms with Gasteiger partial charge in [-0.1, -0.05) is 42.2 Å². The number of carbonyl (C=O) groups is 4. The first-order chi connectivity index (χ1) is 27.7. The Morgan fingerprint density at radius 2 is 1.17 bits per heavy atom. The molecule has 59 heavy (non-hydrogen) atoms. The number of nitrogens with one attached hydrogen (secondary N) is 1. The standard InChI is InChI=1S/C20H16BrN3O4.C12H14N2O2.C10H8BrNO3/c1-20(2,3)27-19(26)13-8-11(10-22)4-6-15(13)23-18(25)17-14-9-12(21)5-7-16(14)28-24-17;1-12(2,3)16-11(15)9-6-8(7-13)4-5-10(9)14;1-2-14-10(13)9-7-5-6(11)3-4-8(7)15-12-9/h4-9H,1-3H3,(H,23,25);4-6H,14H2,1-3H3;3-5H,2H2,1H3. The molecule has 2 aromatic heterocycles. The summed E-state index contributed by atoms with van der Waals surface area (Å²) in [4.78, 5) is 48.5. The fourth-order valence-corrected chi connectivity index (χ4v) is 5.60. The van der Waals surface area contributed by atoms with Crippen LogP contribution in [0.3, 0.4) is 0 Å². The highest BCUT2D eigenvalue weighted by molar-refractivity contribution is 9.10. The van der Waals surface area contributed by atoms with E-state index >= 15 is 0 Å². The van der Waals surface area contributed by atoms with E-state index in [0.29, 0.717) is 39.8 Å². The van der Waals surface area contributed by atoms with Crippen molar-refractivity contribution in [3.63, 3.8) is 0 Å². The summed E-state index contributed by atoms with van der Waals surface area (Å²) < 4.78 is 27.2. The number of rotatable bonds is 6. The van der Waals surface area contributed by atoms with Crippen molar-refractivity contribution in [1.29, 1.82) is 10.5 Å². The van der Waals surface area contributed by atoms with E-state index in [2.05, 4.69) is 47.5 Å². The molecule has 17 heteroatoms. The predicted octanol–water partition coefficient (Wildman–Crippen LogP) is 9.53. The Morgan fingerprint density at radius 3 is 1.68 bits per heavy atom. The molecule has 6 rings (SSSR count). The van der Waals surface area contributed by atoms with Gasteiger partial charge in [0.25, 0.3) is 5.91 Å². The van der Waals surface area contributed by atoms with Gasteiger partial charge >= 0.3 is 17.9 Å². The average Bonchev–Trinajstić information content (AvgIpc) is 3.78. The summed E-state index contributed by atoms with van der Waals surface area (Å²) in [5.74, 6) is -2.17. The van der Waals surface area contributed by atoms with E-state index in [1.165, 1.54) is 30.3 Å². The lowest BCUT2D eigenvalue weighted by Crippen LogP contribution is -2.25. The van der Waals surface area contributed by atoms with Crippen LogP contribution in [0.25, 0.3) is 21.9 Å². The number of amides is 1. The predicted molar refractivity (Wildman–Crippen MR) is 224 cm³/mol. The molecule has 4 aromatic carbocycles. The molecule has 0 fully saturated rings. The van der Waals surface area contributed by atoms with E-state index in [9.17, 15) is 19.2 Å². The van der Waals surface area contributed by atoms with Gasteiger partial charge in [-0.15, -0.1) is 0 Å². The maximum atomic E-state index is 12.7. The van der Waals surface area contributed by atoms with Crippen molar-refractivity contribution in [3.05, 3.63) is 115 Å². The molecule has 0 aliphatic carbocycles. The summed E-state index contributed by atoms with van der Waals surface area (Å²) in [6.45, 7) is 12.6. The lowest BCUT2D eigenvalue weighted by molar-refractivity contribution is 0.00580. The third-order valence-electron chi connectivity index (χ3n) is 7.36. The van der Waals surface area contributed by atoms with Gasteiger partial charge in [-0.05, 0) is 121 Å². The summed E-state index contributed by atoms with van der Waals surface area (Å²) in [5, 5.41) is 29.2. The van der Waals surface area contributed by atoms with Gasteiger partial charge in [0.2, 0.25) is 0 Å². The third kappa shape index (κ3) is 12.5. The van der Waals surface area contributed by atoms with E-state index in [1.54, 1.807) is 84.9 Å². The van der Waals surface area contributed by atoms with Gasteiger partial charge in [-0.2, -0.15) is 10.5 Å². The van der Waals surface area contributed by atoms with E-state index in [4.69, 9.17) is 39.5 Å². The minimum absolute atomic E-state index is 0.0794. The van der Waals surface area contributed by atoms with Crippen LogP contribution < -0.4 is 11.1 Å². The largest absolute Gasteiger partial charge is 0.461 e. The van der Waals surface area contributed by atoms with Crippen molar-refractivity contribution in [2.24, 2.45) is 0 Å². The van der Waals surface area contributed by atoms with Crippen molar-refractivity contribution >= 4 is 89.0 Å². The normalized spacial score (nSPS) is 10.8. The molecule has 0 saturated heterocycles. The molecule has 0 bridgehead atoms. The van der Waals surface area contributed by atoms with Crippen molar-refractivity contribution in [2.75, 3.05) is 17.7 Å². The molecular weight excluding hydrogens is 892 g/mol. The van der Waals surface area contributed by atoms with E-state index < -0.39 is 35.0 Å². The Balaban J connectivity index is 0.000000211. The second-order valence-corrected chi connectivity index (χ2v) is 16.1. The number of nitrogen functional groups attached to an aromatic ring is 1. The third-order valence-corrected chi connectivity index (χ3v) is 8.35. The molecule has 0 spiro atoms. The van der Waals surface area contributed by atoms with E-state index in [1.807, 2.05) is 18.2 Å². The summed E-state index contributed by atoms with van der Waals surface area (Å²) in [6.07, 6.45) is 0. The summed E-state index contributed by atoms with van der Waals surface area (Å²) in [6, 6.07) is 23.3. The number of fused-ring (bicyclic) bond motifs is 2. The number of ether oxygens (including phenoxy) is 3. The quantitative estimate of drug-likeness (QED) is 0.0899. The summed E-state index contributed by atoms with van der Waals surface area (Å²) in [5.41, 5.74) is 7.17.